The summed E-state index contributed by atoms with van der Waals surface area (Å²) >= 11 is 0. The van der Waals surface area contributed by atoms with E-state index in [0.29, 0.717) is 12.2 Å². The van der Waals surface area contributed by atoms with E-state index in [9.17, 15) is 15.0 Å². The Morgan fingerprint density at radius 3 is 2.80 bits per heavy atom. The Labute approximate surface area is 147 Å². The fourth-order valence-corrected chi connectivity index (χ4v) is 3.39. The number of hydrogen-bond acceptors (Lipinski definition) is 6. The summed E-state index contributed by atoms with van der Waals surface area (Å²) in [6, 6.07) is 1.37. The highest BCUT2D eigenvalue weighted by molar-refractivity contribution is 5.74. The summed E-state index contributed by atoms with van der Waals surface area (Å²) in [5, 5.41) is 20.5. The second-order valence-electron chi connectivity index (χ2n) is 6.55. The number of aldehydes is 1. The van der Waals surface area contributed by atoms with Crippen LogP contribution >= 0.6 is 0 Å². The molecule has 1 atom stereocenters. The Balaban J connectivity index is 1.56. The average molecular weight is 347 g/mol. The van der Waals surface area contributed by atoms with Crippen molar-refractivity contribution in [1.29, 1.82) is 0 Å². The molecule has 0 aliphatic carbocycles. The number of allylic oxidation sites excluding steroid dienone is 1. The molecular weight excluding hydrogens is 322 g/mol. The Kier molecular flexibility index (Phi) is 5.81. The highest BCUT2D eigenvalue weighted by atomic mass is 16.5. The first kappa shape index (κ1) is 17.6. The first-order valence-electron chi connectivity index (χ1n) is 8.93. The van der Waals surface area contributed by atoms with E-state index >= 15 is 0 Å². The molecule has 6 heteroatoms. The second-order valence-corrected chi connectivity index (χ2v) is 6.55. The van der Waals surface area contributed by atoms with Gasteiger partial charge in [0.25, 0.3) is 0 Å². The second kappa shape index (κ2) is 8.25. The van der Waals surface area contributed by atoms with E-state index in [-0.39, 0.29) is 23.0 Å². The van der Waals surface area contributed by atoms with Crippen molar-refractivity contribution in [2.45, 2.75) is 38.0 Å². The quantitative estimate of drug-likeness (QED) is 0.583. The Bertz CT molecular complexity index is 637. The maximum atomic E-state index is 11.2. The highest BCUT2D eigenvalue weighted by Gasteiger charge is 2.27. The molecular formula is C19H25NO5. The topological polar surface area (TPSA) is 79.2 Å². The molecule has 2 heterocycles. The smallest absolute Gasteiger partial charge is 0.203 e. The van der Waals surface area contributed by atoms with Gasteiger partial charge in [0.05, 0.1) is 24.4 Å². The third-order valence-corrected chi connectivity index (χ3v) is 4.76. The van der Waals surface area contributed by atoms with Gasteiger partial charge in [-0.2, -0.15) is 0 Å². The zero-order chi connectivity index (χ0) is 17.6. The van der Waals surface area contributed by atoms with Gasteiger partial charge in [-0.05, 0) is 51.4 Å². The molecule has 1 aromatic carbocycles. The number of carbonyl (C=O) groups excluding carboxylic acids is 1. The van der Waals surface area contributed by atoms with Crippen molar-refractivity contribution < 1.29 is 24.5 Å². The van der Waals surface area contributed by atoms with Crippen LogP contribution in [0.5, 0.6) is 23.0 Å². The number of hydrogen-bond donors (Lipinski definition) is 2. The van der Waals surface area contributed by atoms with E-state index in [2.05, 4.69) is 4.90 Å². The molecule has 2 aliphatic rings. The number of rotatable bonds is 7. The largest absolute Gasteiger partial charge is 0.504 e. The highest BCUT2D eigenvalue weighted by Crippen LogP contribution is 2.48. The predicted octanol–water partition coefficient (Wildman–Crippen LogP) is 2.93. The van der Waals surface area contributed by atoms with Crippen molar-refractivity contribution >= 4 is 6.29 Å². The molecule has 0 spiro atoms. The van der Waals surface area contributed by atoms with Crippen molar-refractivity contribution in [2.24, 2.45) is 0 Å². The van der Waals surface area contributed by atoms with Crippen LogP contribution in [0.2, 0.25) is 0 Å². The van der Waals surface area contributed by atoms with Gasteiger partial charge in [0, 0.05) is 6.07 Å². The molecule has 1 fully saturated rings. The van der Waals surface area contributed by atoms with Gasteiger partial charge >= 0.3 is 0 Å². The van der Waals surface area contributed by atoms with Crippen molar-refractivity contribution in [3.05, 3.63) is 24.0 Å². The van der Waals surface area contributed by atoms with E-state index in [1.807, 2.05) is 0 Å². The van der Waals surface area contributed by atoms with Crippen LogP contribution in [-0.4, -0.2) is 47.6 Å². The maximum absolute atomic E-state index is 11.2. The van der Waals surface area contributed by atoms with Gasteiger partial charge in [-0.25, -0.2) is 0 Å². The minimum absolute atomic E-state index is 0.0162. The molecule has 3 rings (SSSR count). The Morgan fingerprint density at radius 2 is 2.04 bits per heavy atom. The van der Waals surface area contributed by atoms with Crippen LogP contribution in [0, 0.1) is 0 Å². The lowest BCUT2D eigenvalue weighted by molar-refractivity contribution is -0.108. The van der Waals surface area contributed by atoms with Crippen LogP contribution in [0.25, 0.3) is 0 Å². The number of nitrogens with zero attached hydrogens (tertiary/aromatic N) is 1. The van der Waals surface area contributed by atoms with Crippen LogP contribution in [0.3, 0.4) is 0 Å². The van der Waals surface area contributed by atoms with E-state index in [0.717, 1.165) is 25.7 Å². The molecule has 25 heavy (non-hydrogen) atoms. The number of unbranched alkanes of at least 4 members (excludes halogenated alkanes) is 1. The molecule has 1 aromatic rings. The van der Waals surface area contributed by atoms with Gasteiger partial charge in [-0.3, -0.25) is 0 Å². The van der Waals surface area contributed by atoms with Gasteiger partial charge in [-0.15, -0.1) is 0 Å². The van der Waals surface area contributed by atoms with Crippen LogP contribution in [0.4, 0.5) is 0 Å². The molecule has 2 aliphatic heterocycles. The fraction of sp³-hybridized carbons (Fsp3) is 0.526. The van der Waals surface area contributed by atoms with Gasteiger partial charge in [0.15, 0.2) is 11.5 Å². The van der Waals surface area contributed by atoms with Crippen LogP contribution < -0.4 is 9.47 Å². The van der Waals surface area contributed by atoms with Crippen molar-refractivity contribution in [1.82, 2.24) is 4.90 Å². The van der Waals surface area contributed by atoms with E-state index in [1.54, 1.807) is 6.08 Å². The summed E-state index contributed by atoms with van der Waals surface area (Å²) in [5.41, 5.74) is 0.332. The van der Waals surface area contributed by atoms with Crippen LogP contribution in [-0.2, 0) is 4.79 Å². The molecule has 2 N–H and O–H groups in total. The average Bonchev–Trinajstić information content (AvgIpc) is 2.64. The molecule has 0 aromatic heterocycles. The predicted molar refractivity (Wildman–Crippen MR) is 93.4 cm³/mol. The monoisotopic (exact) mass is 347 g/mol. The summed E-state index contributed by atoms with van der Waals surface area (Å²) in [4.78, 5) is 13.7. The number of phenolic OH excluding ortho intramolecular Hbond substituents is 2. The third-order valence-electron chi connectivity index (χ3n) is 4.76. The Hall–Kier alpha value is -2.21. The summed E-state index contributed by atoms with van der Waals surface area (Å²) in [5.74, 6) is -0.736. The zero-order valence-electron chi connectivity index (χ0n) is 14.3. The van der Waals surface area contributed by atoms with Gasteiger partial charge < -0.3 is 29.4 Å². The molecule has 0 amide bonds. The Morgan fingerprint density at radius 1 is 1.24 bits per heavy atom. The summed E-state index contributed by atoms with van der Waals surface area (Å²) < 4.78 is 10.9. The standard InChI is InChI=1S/C19H25NO5/c21-13-14-6-11-24-16-12-15(22)19(18(23)17(14)16)25-10-5-4-9-20-7-2-1-3-8-20/h6,11-14,22-23H,1-5,7-10H2. The minimum atomic E-state index is -0.606. The van der Waals surface area contributed by atoms with Crippen LogP contribution in [0.15, 0.2) is 18.4 Å². The van der Waals surface area contributed by atoms with E-state index < -0.39 is 5.92 Å². The molecule has 0 bridgehead atoms. The summed E-state index contributed by atoms with van der Waals surface area (Å²) in [6.45, 7) is 3.80. The maximum Gasteiger partial charge on any atom is 0.203 e. The number of ether oxygens (including phenoxy) is 2. The fourth-order valence-electron chi connectivity index (χ4n) is 3.39. The van der Waals surface area contributed by atoms with Crippen LogP contribution in [0.1, 0.15) is 43.6 Å². The molecule has 6 nitrogen and oxygen atoms in total. The van der Waals surface area contributed by atoms with Crippen molar-refractivity contribution in [2.75, 3.05) is 26.2 Å². The number of carbonyl (C=O) groups is 1. The van der Waals surface area contributed by atoms with Gasteiger partial charge in [-0.1, -0.05) is 6.42 Å². The minimum Gasteiger partial charge on any atom is -0.504 e. The molecule has 136 valence electrons. The molecule has 0 saturated carbocycles. The SMILES string of the molecule is O=CC1C=COc2cc(O)c(OCCCCN3CCCCC3)c(O)c21. The number of benzene rings is 1. The van der Waals surface area contributed by atoms with Crippen molar-refractivity contribution in [3.63, 3.8) is 0 Å². The van der Waals surface area contributed by atoms with E-state index in [4.69, 9.17) is 9.47 Å². The summed E-state index contributed by atoms with van der Waals surface area (Å²) in [6.07, 6.45) is 9.38. The lowest BCUT2D eigenvalue weighted by Gasteiger charge is -2.26. The number of aromatic hydroxyl groups is 2. The molecule has 0 radical (unpaired) electrons. The van der Waals surface area contributed by atoms with Gasteiger partial charge in [0.1, 0.15) is 12.0 Å². The lowest BCUT2D eigenvalue weighted by atomic mass is 9.96. The van der Waals surface area contributed by atoms with Gasteiger partial charge in [0.2, 0.25) is 5.75 Å². The number of piperidine rings is 1. The number of fused-ring (bicyclic) bond motifs is 1. The summed E-state index contributed by atoms with van der Waals surface area (Å²) in [7, 11) is 0. The van der Waals surface area contributed by atoms with E-state index in [1.165, 1.54) is 44.7 Å². The first-order valence-corrected chi connectivity index (χ1v) is 8.93. The number of phenols is 2. The third kappa shape index (κ3) is 4.07. The molecule has 1 saturated heterocycles. The number of likely N-dealkylation sites (tertiary alicyclic amines) is 1. The first-order chi connectivity index (χ1) is 12.2. The zero-order valence-corrected chi connectivity index (χ0v) is 14.3. The molecule has 1 unspecified atom stereocenters. The van der Waals surface area contributed by atoms with Crippen molar-refractivity contribution in [3.8, 4) is 23.0 Å². The normalized spacial score (nSPS) is 19.9. The lowest BCUT2D eigenvalue weighted by Crippen LogP contribution is -2.30.